The van der Waals surface area contributed by atoms with Gasteiger partial charge in [0.05, 0.1) is 5.02 Å². The number of amidine groups is 1. The monoisotopic (exact) mass is 228 g/mol. The zero-order valence-electron chi connectivity index (χ0n) is 8.35. The van der Waals surface area contributed by atoms with Crippen LogP contribution in [0.3, 0.4) is 0 Å². The summed E-state index contributed by atoms with van der Waals surface area (Å²) in [5.41, 5.74) is 5.35. The van der Waals surface area contributed by atoms with Gasteiger partial charge in [-0.3, -0.25) is 0 Å². The molecule has 4 nitrogen and oxygen atoms in total. The molecule has 3 N–H and O–H groups in total. The zero-order chi connectivity index (χ0) is 11.3. The summed E-state index contributed by atoms with van der Waals surface area (Å²) in [6, 6.07) is 7.17. The molecule has 0 fully saturated rings. The Morgan fingerprint density at radius 2 is 2.27 bits per heavy atom. The van der Waals surface area contributed by atoms with E-state index in [1.807, 2.05) is 19.1 Å². The molecule has 0 aliphatic rings. The number of hydrogen-bond acceptors (Lipinski definition) is 3. The number of halogens is 1. The van der Waals surface area contributed by atoms with Crippen molar-refractivity contribution in [3.8, 4) is 5.75 Å². The molecule has 82 valence electrons. The standard InChI is InChI=1S/C10H13ClN2O2/c1-7(6-10(12)13-14)15-9-5-3-2-4-8(9)11/h2-5,7,14H,6H2,1H3,(H2,12,13). The van der Waals surface area contributed by atoms with Crippen LogP contribution >= 0.6 is 11.6 Å². The van der Waals surface area contributed by atoms with Crippen LogP contribution in [0.25, 0.3) is 0 Å². The number of para-hydroxylation sites is 1. The van der Waals surface area contributed by atoms with Crippen LogP contribution in [0.15, 0.2) is 29.4 Å². The fraction of sp³-hybridized carbons (Fsp3) is 0.300. The number of rotatable bonds is 4. The minimum atomic E-state index is -0.194. The predicted molar refractivity (Wildman–Crippen MR) is 59.6 cm³/mol. The number of nitrogens with two attached hydrogens (primary N) is 1. The first-order valence-electron chi connectivity index (χ1n) is 4.51. The highest BCUT2D eigenvalue weighted by Gasteiger charge is 2.08. The molecule has 0 aliphatic carbocycles. The van der Waals surface area contributed by atoms with E-state index in [9.17, 15) is 0 Å². The molecule has 1 atom stereocenters. The van der Waals surface area contributed by atoms with E-state index < -0.39 is 0 Å². The van der Waals surface area contributed by atoms with Gasteiger partial charge in [0.25, 0.3) is 0 Å². The van der Waals surface area contributed by atoms with Gasteiger partial charge in [-0.25, -0.2) is 0 Å². The molecular weight excluding hydrogens is 216 g/mol. The first kappa shape index (κ1) is 11.7. The third-order valence-corrected chi connectivity index (χ3v) is 2.10. The Bertz CT molecular complexity index is 355. The molecule has 0 spiro atoms. The van der Waals surface area contributed by atoms with Gasteiger partial charge in [-0.15, -0.1) is 0 Å². The van der Waals surface area contributed by atoms with Crippen LogP contribution in [-0.2, 0) is 0 Å². The Balaban J connectivity index is 2.59. The molecule has 0 radical (unpaired) electrons. The molecular formula is C10H13ClN2O2. The Labute approximate surface area is 93.3 Å². The molecule has 5 heteroatoms. The Morgan fingerprint density at radius 3 is 2.87 bits per heavy atom. The minimum absolute atomic E-state index is 0.134. The van der Waals surface area contributed by atoms with Crippen LogP contribution in [0.5, 0.6) is 5.75 Å². The summed E-state index contributed by atoms with van der Waals surface area (Å²) in [6.07, 6.45) is 0.155. The lowest BCUT2D eigenvalue weighted by Crippen LogP contribution is -2.22. The van der Waals surface area contributed by atoms with E-state index >= 15 is 0 Å². The van der Waals surface area contributed by atoms with Gasteiger partial charge in [0, 0.05) is 6.42 Å². The van der Waals surface area contributed by atoms with Crippen molar-refractivity contribution in [3.05, 3.63) is 29.3 Å². The van der Waals surface area contributed by atoms with E-state index in [0.717, 1.165) is 0 Å². The fourth-order valence-corrected chi connectivity index (χ4v) is 1.31. The highest BCUT2D eigenvalue weighted by molar-refractivity contribution is 6.32. The molecule has 1 aromatic carbocycles. The van der Waals surface area contributed by atoms with Crippen LogP contribution < -0.4 is 10.5 Å². The topological polar surface area (TPSA) is 67.8 Å². The van der Waals surface area contributed by atoms with Gasteiger partial charge in [0.1, 0.15) is 17.7 Å². The van der Waals surface area contributed by atoms with Gasteiger partial charge in [-0.05, 0) is 19.1 Å². The maximum Gasteiger partial charge on any atom is 0.142 e. The van der Waals surface area contributed by atoms with E-state index in [-0.39, 0.29) is 11.9 Å². The highest BCUT2D eigenvalue weighted by Crippen LogP contribution is 2.24. The first-order chi connectivity index (χ1) is 7.13. The summed E-state index contributed by atoms with van der Waals surface area (Å²) in [5.74, 6) is 0.729. The maximum atomic E-state index is 8.39. The number of oxime groups is 1. The molecule has 1 unspecified atom stereocenters. The van der Waals surface area contributed by atoms with Crippen molar-refractivity contribution >= 4 is 17.4 Å². The van der Waals surface area contributed by atoms with E-state index in [1.165, 1.54) is 0 Å². The molecule has 15 heavy (non-hydrogen) atoms. The largest absolute Gasteiger partial charge is 0.489 e. The maximum absolute atomic E-state index is 8.39. The Morgan fingerprint density at radius 1 is 1.60 bits per heavy atom. The Kier molecular flexibility index (Phi) is 4.24. The summed E-state index contributed by atoms with van der Waals surface area (Å²) in [5, 5.41) is 11.8. The highest BCUT2D eigenvalue weighted by atomic mass is 35.5. The van der Waals surface area contributed by atoms with Crippen LogP contribution in [0.4, 0.5) is 0 Å². The van der Waals surface area contributed by atoms with E-state index in [0.29, 0.717) is 17.2 Å². The molecule has 1 aromatic rings. The SMILES string of the molecule is CC(CC(N)=NO)Oc1ccccc1Cl. The second-order valence-corrected chi connectivity index (χ2v) is 3.56. The lowest BCUT2D eigenvalue weighted by atomic mass is 10.2. The van der Waals surface area contributed by atoms with Gasteiger partial charge >= 0.3 is 0 Å². The van der Waals surface area contributed by atoms with Crippen LogP contribution in [-0.4, -0.2) is 17.1 Å². The summed E-state index contributed by atoms with van der Waals surface area (Å²) < 4.78 is 5.51. The average Bonchev–Trinajstić information content (AvgIpc) is 2.21. The molecule has 0 aliphatic heterocycles. The van der Waals surface area contributed by atoms with Crippen LogP contribution in [0.1, 0.15) is 13.3 Å². The smallest absolute Gasteiger partial charge is 0.142 e. The van der Waals surface area contributed by atoms with Crippen molar-refractivity contribution in [2.75, 3.05) is 0 Å². The van der Waals surface area contributed by atoms with Gasteiger partial charge in [0.2, 0.25) is 0 Å². The molecule has 0 amide bonds. The van der Waals surface area contributed by atoms with E-state index in [4.69, 9.17) is 27.3 Å². The molecule has 0 heterocycles. The minimum Gasteiger partial charge on any atom is -0.489 e. The average molecular weight is 229 g/mol. The van der Waals surface area contributed by atoms with Crippen molar-refractivity contribution < 1.29 is 9.94 Å². The normalized spacial score (nSPS) is 13.6. The third kappa shape index (κ3) is 3.67. The van der Waals surface area contributed by atoms with Crippen molar-refractivity contribution in [3.63, 3.8) is 0 Å². The van der Waals surface area contributed by atoms with E-state index in [2.05, 4.69) is 5.16 Å². The number of ether oxygens (including phenoxy) is 1. The predicted octanol–water partition coefficient (Wildman–Crippen LogP) is 2.24. The van der Waals surface area contributed by atoms with Gasteiger partial charge in [-0.2, -0.15) is 0 Å². The molecule has 1 rings (SSSR count). The second kappa shape index (κ2) is 5.46. The fourth-order valence-electron chi connectivity index (χ4n) is 1.13. The summed E-state index contributed by atoms with van der Waals surface area (Å²) in [7, 11) is 0. The zero-order valence-corrected chi connectivity index (χ0v) is 9.11. The summed E-state index contributed by atoms with van der Waals surface area (Å²) in [4.78, 5) is 0. The van der Waals surface area contributed by atoms with Crippen LogP contribution in [0.2, 0.25) is 5.02 Å². The first-order valence-corrected chi connectivity index (χ1v) is 4.89. The number of benzene rings is 1. The van der Waals surface area contributed by atoms with E-state index in [1.54, 1.807) is 12.1 Å². The van der Waals surface area contributed by atoms with Gasteiger partial charge in [0.15, 0.2) is 0 Å². The third-order valence-electron chi connectivity index (χ3n) is 1.79. The number of nitrogens with zero attached hydrogens (tertiary/aromatic N) is 1. The van der Waals surface area contributed by atoms with Crippen molar-refractivity contribution in [2.24, 2.45) is 10.9 Å². The molecule has 0 bridgehead atoms. The van der Waals surface area contributed by atoms with Gasteiger partial charge in [-0.1, -0.05) is 28.9 Å². The van der Waals surface area contributed by atoms with Crippen molar-refractivity contribution in [1.82, 2.24) is 0 Å². The summed E-state index contributed by atoms with van der Waals surface area (Å²) >= 11 is 5.90. The molecule has 0 aromatic heterocycles. The Hall–Kier alpha value is -1.42. The van der Waals surface area contributed by atoms with Crippen molar-refractivity contribution in [1.29, 1.82) is 0 Å². The number of hydrogen-bond donors (Lipinski definition) is 2. The summed E-state index contributed by atoms with van der Waals surface area (Å²) in [6.45, 7) is 1.82. The lowest BCUT2D eigenvalue weighted by molar-refractivity contribution is 0.226. The van der Waals surface area contributed by atoms with Gasteiger partial charge < -0.3 is 15.7 Å². The lowest BCUT2D eigenvalue weighted by Gasteiger charge is -2.14. The molecule has 0 saturated heterocycles. The second-order valence-electron chi connectivity index (χ2n) is 3.15. The molecule has 0 saturated carbocycles. The van der Waals surface area contributed by atoms with Crippen molar-refractivity contribution in [2.45, 2.75) is 19.4 Å². The van der Waals surface area contributed by atoms with Crippen LogP contribution in [0, 0.1) is 0 Å². The quantitative estimate of drug-likeness (QED) is 0.359.